The number of aromatic nitrogens is 1. The summed E-state index contributed by atoms with van der Waals surface area (Å²) in [4.78, 5) is 15.6. The molecule has 0 fully saturated rings. The second kappa shape index (κ2) is 4.92. The topological polar surface area (TPSA) is 59.4 Å². The zero-order chi connectivity index (χ0) is 14.1. The smallest absolute Gasteiger partial charge is 0.341 e. The fraction of sp³-hybridized carbons (Fsp3) is 0.200. The highest BCUT2D eigenvalue weighted by Gasteiger charge is 2.21. The van der Waals surface area contributed by atoms with Crippen molar-refractivity contribution in [1.82, 2.24) is 4.98 Å². The van der Waals surface area contributed by atoms with Crippen LogP contribution in [-0.2, 0) is 12.8 Å². The van der Waals surface area contributed by atoms with Gasteiger partial charge in [-0.2, -0.15) is 0 Å². The fourth-order valence-corrected chi connectivity index (χ4v) is 2.30. The van der Waals surface area contributed by atoms with Crippen molar-refractivity contribution in [2.45, 2.75) is 19.3 Å². The predicted molar refractivity (Wildman–Crippen MR) is 69.7 cm³/mol. The molecular weight excluding hydrogens is 261 g/mol. The first-order valence-electron chi connectivity index (χ1n) is 6.33. The number of aromatic carboxylic acids is 1. The molecule has 1 aromatic carbocycles. The van der Waals surface area contributed by atoms with Gasteiger partial charge in [0.2, 0.25) is 5.88 Å². The molecule has 0 bridgehead atoms. The lowest BCUT2D eigenvalue weighted by Gasteiger charge is -2.10. The molecule has 0 atom stereocenters. The molecule has 1 N–H and O–H groups in total. The van der Waals surface area contributed by atoms with E-state index in [1.54, 1.807) is 6.07 Å². The van der Waals surface area contributed by atoms with E-state index < -0.39 is 5.97 Å². The Hall–Kier alpha value is -2.43. The normalized spacial score (nSPS) is 13.1. The molecule has 0 radical (unpaired) electrons. The SMILES string of the molecule is O=C(O)c1cc2c(nc1Oc1ccc(F)cc1)CCC2. The highest BCUT2D eigenvalue weighted by atomic mass is 19.1. The maximum absolute atomic E-state index is 12.8. The number of nitrogens with zero attached hydrogens (tertiary/aromatic N) is 1. The molecule has 5 heteroatoms. The molecule has 1 aliphatic carbocycles. The van der Waals surface area contributed by atoms with Gasteiger partial charge in [-0.15, -0.1) is 0 Å². The van der Waals surface area contributed by atoms with E-state index in [9.17, 15) is 14.3 Å². The van der Waals surface area contributed by atoms with Crippen molar-refractivity contribution in [2.75, 3.05) is 0 Å². The molecule has 0 saturated carbocycles. The third-order valence-electron chi connectivity index (χ3n) is 3.27. The molecule has 1 aliphatic rings. The number of ether oxygens (including phenoxy) is 1. The van der Waals surface area contributed by atoms with Crippen LogP contribution < -0.4 is 4.74 Å². The van der Waals surface area contributed by atoms with Crippen molar-refractivity contribution in [1.29, 1.82) is 0 Å². The van der Waals surface area contributed by atoms with Gasteiger partial charge in [0.05, 0.1) is 0 Å². The van der Waals surface area contributed by atoms with Crippen LogP contribution in [-0.4, -0.2) is 16.1 Å². The molecule has 0 spiro atoms. The molecule has 2 aromatic rings. The number of hydrogen-bond donors (Lipinski definition) is 1. The summed E-state index contributed by atoms with van der Waals surface area (Å²) in [6.45, 7) is 0. The van der Waals surface area contributed by atoms with Gasteiger partial charge in [0.15, 0.2) is 0 Å². The number of carbonyl (C=O) groups is 1. The lowest BCUT2D eigenvalue weighted by atomic mass is 10.1. The molecule has 0 saturated heterocycles. The summed E-state index contributed by atoms with van der Waals surface area (Å²) >= 11 is 0. The van der Waals surface area contributed by atoms with Crippen LogP contribution in [0.5, 0.6) is 11.6 Å². The summed E-state index contributed by atoms with van der Waals surface area (Å²) in [7, 11) is 0. The van der Waals surface area contributed by atoms with Crippen molar-refractivity contribution < 1.29 is 19.0 Å². The third kappa shape index (κ3) is 2.34. The van der Waals surface area contributed by atoms with Crippen molar-refractivity contribution in [3.8, 4) is 11.6 Å². The number of halogens is 1. The zero-order valence-corrected chi connectivity index (χ0v) is 10.6. The van der Waals surface area contributed by atoms with E-state index in [-0.39, 0.29) is 17.3 Å². The Morgan fingerprint density at radius 3 is 2.70 bits per heavy atom. The summed E-state index contributed by atoms with van der Waals surface area (Å²) < 4.78 is 18.3. The largest absolute Gasteiger partial charge is 0.477 e. The Kier molecular flexibility index (Phi) is 3.10. The minimum atomic E-state index is -1.08. The summed E-state index contributed by atoms with van der Waals surface area (Å²) in [5.41, 5.74) is 1.89. The first kappa shape index (κ1) is 12.6. The summed E-state index contributed by atoms with van der Waals surface area (Å²) in [5, 5.41) is 9.24. The maximum Gasteiger partial charge on any atom is 0.341 e. The van der Waals surface area contributed by atoms with Gasteiger partial charge in [0, 0.05) is 5.69 Å². The molecular formula is C15H12FNO3. The highest BCUT2D eigenvalue weighted by Crippen LogP contribution is 2.29. The van der Waals surface area contributed by atoms with Crippen LogP contribution in [0.4, 0.5) is 4.39 Å². The molecule has 1 heterocycles. The van der Waals surface area contributed by atoms with E-state index in [1.165, 1.54) is 24.3 Å². The third-order valence-corrected chi connectivity index (χ3v) is 3.27. The summed E-state index contributed by atoms with van der Waals surface area (Å²) in [6, 6.07) is 7.01. The minimum Gasteiger partial charge on any atom is -0.477 e. The maximum atomic E-state index is 12.8. The number of hydrogen-bond acceptors (Lipinski definition) is 3. The van der Waals surface area contributed by atoms with E-state index in [2.05, 4.69) is 4.98 Å². The molecule has 4 nitrogen and oxygen atoms in total. The summed E-state index contributed by atoms with van der Waals surface area (Å²) in [5.74, 6) is -1.04. The van der Waals surface area contributed by atoms with Crippen molar-refractivity contribution in [3.63, 3.8) is 0 Å². The molecule has 1 aromatic heterocycles. The van der Waals surface area contributed by atoms with E-state index in [0.717, 1.165) is 30.5 Å². The monoisotopic (exact) mass is 273 g/mol. The second-order valence-corrected chi connectivity index (χ2v) is 4.66. The van der Waals surface area contributed by atoms with Gasteiger partial charge in [0.1, 0.15) is 17.1 Å². The Labute approximate surface area is 114 Å². The number of benzene rings is 1. The van der Waals surface area contributed by atoms with Gasteiger partial charge < -0.3 is 9.84 Å². The second-order valence-electron chi connectivity index (χ2n) is 4.66. The molecule has 0 unspecified atom stereocenters. The number of pyridine rings is 1. The Balaban J connectivity index is 1.99. The van der Waals surface area contributed by atoms with Gasteiger partial charge in [-0.3, -0.25) is 0 Å². The van der Waals surface area contributed by atoms with Gasteiger partial charge in [-0.05, 0) is 55.2 Å². The molecule has 102 valence electrons. The van der Waals surface area contributed by atoms with Crippen LogP contribution in [0.2, 0.25) is 0 Å². The van der Waals surface area contributed by atoms with Gasteiger partial charge in [-0.25, -0.2) is 14.2 Å². The number of carboxylic acid groups (broad SMARTS) is 1. The number of fused-ring (bicyclic) bond motifs is 1. The van der Waals surface area contributed by atoms with E-state index in [4.69, 9.17) is 4.74 Å². The number of carboxylic acids is 1. The van der Waals surface area contributed by atoms with E-state index in [1.807, 2.05) is 0 Å². The Morgan fingerprint density at radius 2 is 2.00 bits per heavy atom. The Bertz CT molecular complexity index is 668. The molecule has 0 amide bonds. The average Bonchev–Trinajstić information content (AvgIpc) is 2.87. The van der Waals surface area contributed by atoms with Crippen LogP contribution in [0.3, 0.4) is 0 Å². The number of aryl methyl sites for hydroxylation is 2. The van der Waals surface area contributed by atoms with Crippen molar-refractivity contribution in [3.05, 3.63) is 53.0 Å². The van der Waals surface area contributed by atoms with Crippen LogP contribution in [0.15, 0.2) is 30.3 Å². The lowest BCUT2D eigenvalue weighted by molar-refractivity contribution is 0.0693. The quantitative estimate of drug-likeness (QED) is 0.932. The van der Waals surface area contributed by atoms with E-state index in [0.29, 0.717) is 5.75 Å². The predicted octanol–water partition coefficient (Wildman–Crippen LogP) is 3.20. The Morgan fingerprint density at radius 1 is 1.25 bits per heavy atom. The van der Waals surface area contributed by atoms with Gasteiger partial charge in [-0.1, -0.05) is 0 Å². The molecule has 3 rings (SSSR count). The number of rotatable bonds is 3. The van der Waals surface area contributed by atoms with Crippen LogP contribution in [0.25, 0.3) is 0 Å². The first-order chi connectivity index (χ1) is 9.63. The first-order valence-corrected chi connectivity index (χ1v) is 6.33. The molecule has 0 aliphatic heterocycles. The highest BCUT2D eigenvalue weighted by molar-refractivity contribution is 5.90. The van der Waals surface area contributed by atoms with E-state index >= 15 is 0 Å². The zero-order valence-electron chi connectivity index (χ0n) is 10.6. The van der Waals surface area contributed by atoms with Crippen LogP contribution in [0.1, 0.15) is 28.0 Å². The van der Waals surface area contributed by atoms with Crippen LogP contribution in [0, 0.1) is 5.82 Å². The van der Waals surface area contributed by atoms with Crippen molar-refractivity contribution >= 4 is 5.97 Å². The molecule has 20 heavy (non-hydrogen) atoms. The van der Waals surface area contributed by atoms with Crippen LogP contribution >= 0.6 is 0 Å². The fourth-order valence-electron chi connectivity index (χ4n) is 2.30. The summed E-state index contributed by atoms with van der Waals surface area (Å²) in [6.07, 6.45) is 2.65. The lowest BCUT2D eigenvalue weighted by Crippen LogP contribution is -2.05. The standard InChI is InChI=1S/C15H12FNO3/c16-10-4-6-11(7-5-10)20-14-12(15(18)19)8-9-2-1-3-13(9)17-14/h4-8H,1-3H2,(H,18,19). The van der Waals surface area contributed by atoms with Gasteiger partial charge in [0.25, 0.3) is 0 Å². The van der Waals surface area contributed by atoms with Gasteiger partial charge >= 0.3 is 5.97 Å². The average molecular weight is 273 g/mol. The minimum absolute atomic E-state index is 0.0370. The van der Waals surface area contributed by atoms with Crippen molar-refractivity contribution in [2.24, 2.45) is 0 Å².